The van der Waals surface area contributed by atoms with Crippen molar-refractivity contribution in [3.05, 3.63) is 59.4 Å². The summed E-state index contributed by atoms with van der Waals surface area (Å²) in [6, 6.07) is 8.10. The number of hydrogen-bond donors (Lipinski definition) is 2. The molecule has 2 N–H and O–H groups in total. The molecule has 0 spiro atoms. The molecule has 0 fully saturated rings. The topological polar surface area (TPSA) is 58.2 Å². The van der Waals surface area contributed by atoms with E-state index < -0.39 is 17.5 Å². The molecule has 4 nitrogen and oxygen atoms in total. The maximum Gasteiger partial charge on any atom is 0.227 e. The Morgan fingerprint density at radius 2 is 1.23 bits per heavy atom. The van der Waals surface area contributed by atoms with Gasteiger partial charge in [-0.05, 0) is 36.8 Å². The molecule has 0 saturated heterocycles. The summed E-state index contributed by atoms with van der Waals surface area (Å²) in [5, 5.41) is 4.82. The Bertz CT molecular complexity index is 817. The Morgan fingerprint density at radius 1 is 0.767 bits per heavy atom. The molecule has 7 heteroatoms. The first-order valence-corrected chi connectivity index (χ1v) is 8.84. The van der Waals surface area contributed by atoms with Gasteiger partial charge in [-0.15, -0.1) is 0 Å². The van der Waals surface area contributed by atoms with Gasteiger partial charge in [-0.2, -0.15) is 0 Å². The van der Waals surface area contributed by atoms with E-state index in [1.54, 1.807) is 46.8 Å². The maximum atomic E-state index is 13.1. The van der Waals surface area contributed by atoms with Crippen LogP contribution in [-0.2, 0) is 9.59 Å². The Hall–Kier alpha value is -2.83. The van der Waals surface area contributed by atoms with Gasteiger partial charge in [0.05, 0.1) is 0 Å². The van der Waals surface area contributed by atoms with Crippen LogP contribution in [0.5, 0.6) is 0 Å². The van der Waals surface area contributed by atoms with E-state index in [9.17, 15) is 22.8 Å². The maximum absolute atomic E-state index is 13.1. The number of halogens is 3. The summed E-state index contributed by atoms with van der Waals surface area (Å²) in [6.07, 6.45) is 0. The number of benzene rings is 2. The number of carbonyl (C=O) groups is 2. The van der Waals surface area contributed by atoms with Crippen molar-refractivity contribution in [3.8, 4) is 0 Å². The predicted molar refractivity (Wildman–Crippen MR) is 118 cm³/mol. The molecule has 2 rings (SSSR count). The predicted octanol–water partition coefficient (Wildman–Crippen LogP) is 6.56. The highest BCUT2D eigenvalue weighted by Crippen LogP contribution is 2.18. The number of aryl methyl sites for hydroxylation is 1. The molecule has 0 aliphatic rings. The number of para-hydroxylation sites is 1. The Kier molecular flexibility index (Phi) is 13.1. The van der Waals surface area contributed by atoms with Crippen molar-refractivity contribution in [2.45, 2.75) is 49.5 Å². The Labute approximate surface area is 177 Å². The van der Waals surface area contributed by atoms with Gasteiger partial charge in [0, 0.05) is 17.5 Å². The van der Waals surface area contributed by atoms with E-state index in [-0.39, 0.29) is 44.1 Å². The molecule has 168 valence electrons. The van der Waals surface area contributed by atoms with Crippen molar-refractivity contribution in [1.82, 2.24) is 0 Å². The van der Waals surface area contributed by atoms with Crippen molar-refractivity contribution in [2.75, 3.05) is 10.6 Å². The van der Waals surface area contributed by atoms with Crippen LogP contribution in [0.15, 0.2) is 36.4 Å². The van der Waals surface area contributed by atoms with Crippen LogP contribution >= 0.6 is 0 Å². The fourth-order valence-electron chi connectivity index (χ4n) is 1.84. The van der Waals surface area contributed by atoms with Crippen molar-refractivity contribution in [3.63, 3.8) is 0 Å². The van der Waals surface area contributed by atoms with Crippen molar-refractivity contribution >= 4 is 23.2 Å². The second kappa shape index (κ2) is 13.4. The van der Waals surface area contributed by atoms with Gasteiger partial charge < -0.3 is 10.6 Å². The van der Waals surface area contributed by atoms with Crippen molar-refractivity contribution < 1.29 is 22.8 Å². The third kappa shape index (κ3) is 9.11. The quantitative estimate of drug-likeness (QED) is 0.582. The third-order valence-electron chi connectivity index (χ3n) is 3.70. The van der Waals surface area contributed by atoms with Gasteiger partial charge in [-0.25, -0.2) is 13.2 Å². The zero-order chi connectivity index (χ0) is 21.4. The van der Waals surface area contributed by atoms with Gasteiger partial charge >= 0.3 is 0 Å². The standard InChI is InChI=1S/C11H14FNO.C10H11F2NO.2CH4/c1-7(2)11(14)13-9-5-4-8(3)10(12)6-9;1-6(2)10(14)13-9-7(11)4-3-5-8(9)12;;/h4-7H,1-3H3,(H,13,14);3-6H,1-2H3,(H,13,14);2*1H4. The van der Waals surface area contributed by atoms with Crippen LogP contribution < -0.4 is 10.6 Å². The van der Waals surface area contributed by atoms with E-state index in [1.165, 1.54) is 12.1 Å². The third-order valence-corrected chi connectivity index (χ3v) is 3.70. The number of hydrogen-bond acceptors (Lipinski definition) is 2. The highest BCUT2D eigenvalue weighted by Gasteiger charge is 2.13. The number of amides is 2. The molecule has 2 amide bonds. The van der Waals surface area contributed by atoms with Gasteiger partial charge in [-0.3, -0.25) is 9.59 Å². The van der Waals surface area contributed by atoms with E-state index in [2.05, 4.69) is 10.6 Å². The van der Waals surface area contributed by atoms with Crippen LogP contribution in [0, 0.1) is 36.2 Å². The van der Waals surface area contributed by atoms with Crippen molar-refractivity contribution in [1.29, 1.82) is 0 Å². The molecule has 2 aromatic rings. The van der Waals surface area contributed by atoms with E-state index in [1.807, 2.05) is 0 Å². The lowest BCUT2D eigenvalue weighted by molar-refractivity contribution is -0.119. The molecule has 30 heavy (non-hydrogen) atoms. The molecule has 0 heterocycles. The summed E-state index contributed by atoms with van der Waals surface area (Å²) in [5.74, 6) is -2.75. The van der Waals surface area contributed by atoms with Crippen LogP contribution in [0.1, 0.15) is 48.1 Å². The molecule has 0 unspecified atom stereocenters. The van der Waals surface area contributed by atoms with Crippen LogP contribution in [-0.4, -0.2) is 11.8 Å². The highest BCUT2D eigenvalue weighted by molar-refractivity contribution is 5.92. The highest BCUT2D eigenvalue weighted by atomic mass is 19.1. The molecule has 0 aromatic heterocycles. The summed E-state index contributed by atoms with van der Waals surface area (Å²) < 4.78 is 39.1. The molecule has 0 aliphatic heterocycles. The smallest absolute Gasteiger partial charge is 0.227 e. The first-order chi connectivity index (χ1) is 13.0. The minimum atomic E-state index is -0.765. The minimum absolute atomic E-state index is 0. The van der Waals surface area contributed by atoms with E-state index in [0.717, 1.165) is 12.1 Å². The monoisotopic (exact) mass is 426 g/mol. The van der Waals surface area contributed by atoms with Gasteiger partial charge in [0.15, 0.2) is 0 Å². The second-order valence-electron chi connectivity index (χ2n) is 6.85. The van der Waals surface area contributed by atoms with Gasteiger partial charge in [0.25, 0.3) is 0 Å². The average Bonchev–Trinajstić information content (AvgIpc) is 2.61. The Morgan fingerprint density at radius 3 is 1.67 bits per heavy atom. The van der Waals surface area contributed by atoms with E-state index in [0.29, 0.717) is 11.3 Å². The first kappa shape index (κ1) is 29.4. The number of nitrogens with one attached hydrogen (secondary N) is 2. The summed E-state index contributed by atoms with van der Waals surface area (Å²) >= 11 is 0. The lowest BCUT2D eigenvalue weighted by Crippen LogP contribution is -2.19. The molecule has 0 radical (unpaired) electrons. The van der Waals surface area contributed by atoms with Crippen LogP contribution in [0.4, 0.5) is 24.5 Å². The largest absolute Gasteiger partial charge is 0.326 e. The van der Waals surface area contributed by atoms with Gasteiger partial charge in [-0.1, -0.05) is 54.7 Å². The summed E-state index contributed by atoms with van der Waals surface area (Å²) in [5.41, 5.74) is 0.700. The number of anilines is 2. The second-order valence-corrected chi connectivity index (χ2v) is 6.85. The molecule has 0 aliphatic carbocycles. The number of rotatable bonds is 4. The molecule has 0 saturated carbocycles. The van der Waals surface area contributed by atoms with E-state index >= 15 is 0 Å². The molecule has 0 bridgehead atoms. The SMILES string of the molecule is C.C.CC(C)C(=O)Nc1c(F)cccc1F.Cc1ccc(NC(=O)C(C)C)cc1F. The molecular weight excluding hydrogens is 393 g/mol. The van der Waals surface area contributed by atoms with Gasteiger partial charge in [0.1, 0.15) is 23.1 Å². The van der Waals surface area contributed by atoms with Crippen molar-refractivity contribution in [2.24, 2.45) is 11.8 Å². The van der Waals surface area contributed by atoms with Crippen LogP contribution in [0.25, 0.3) is 0 Å². The molecule has 2 aromatic carbocycles. The summed E-state index contributed by atoms with van der Waals surface area (Å²) in [4.78, 5) is 22.4. The lowest BCUT2D eigenvalue weighted by Gasteiger charge is -2.08. The Balaban J connectivity index is 0. The zero-order valence-corrected chi connectivity index (χ0v) is 16.6. The fraction of sp³-hybridized carbons (Fsp3) is 0.391. The normalized spacial score (nSPS) is 9.67. The fourth-order valence-corrected chi connectivity index (χ4v) is 1.84. The number of carbonyl (C=O) groups excluding carboxylic acids is 2. The summed E-state index contributed by atoms with van der Waals surface area (Å²) in [6.45, 7) is 8.56. The van der Waals surface area contributed by atoms with Crippen LogP contribution in [0.2, 0.25) is 0 Å². The molecular formula is C23H33F3N2O2. The first-order valence-electron chi connectivity index (χ1n) is 8.84. The molecule has 0 atom stereocenters. The lowest BCUT2D eigenvalue weighted by atomic mass is 10.2. The van der Waals surface area contributed by atoms with Crippen LogP contribution in [0.3, 0.4) is 0 Å². The van der Waals surface area contributed by atoms with Gasteiger partial charge in [0.2, 0.25) is 11.8 Å². The van der Waals surface area contributed by atoms with E-state index in [4.69, 9.17) is 0 Å². The minimum Gasteiger partial charge on any atom is -0.326 e. The average molecular weight is 427 g/mol. The summed E-state index contributed by atoms with van der Waals surface area (Å²) in [7, 11) is 0. The zero-order valence-electron chi connectivity index (χ0n) is 16.6.